The van der Waals surface area contributed by atoms with Crippen LogP contribution in [0.25, 0.3) is 0 Å². The molecule has 0 rings (SSSR count). The number of carbonyl (C=O) groups is 2. The highest BCUT2D eigenvalue weighted by Gasteiger charge is 2.26. The van der Waals surface area contributed by atoms with Crippen molar-refractivity contribution in [2.75, 3.05) is 26.4 Å². The molecule has 0 saturated heterocycles. The van der Waals surface area contributed by atoms with E-state index in [-0.39, 0.29) is 38.6 Å². The third-order valence-electron chi connectivity index (χ3n) is 12.5. The Morgan fingerprint density at radius 3 is 1.18 bits per heavy atom. The van der Waals surface area contributed by atoms with Gasteiger partial charge in [-0.2, -0.15) is 0 Å². The lowest BCUT2D eigenvalue weighted by atomic mass is 10.0. The van der Waals surface area contributed by atoms with Gasteiger partial charge in [0.25, 0.3) is 0 Å². The molecule has 2 unspecified atom stereocenters. The van der Waals surface area contributed by atoms with E-state index >= 15 is 0 Å². The van der Waals surface area contributed by atoms with Gasteiger partial charge in [-0.05, 0) is 51.4 Å². The van der Waals surface area contributed by atoms with Gasteiger partial charge < -0.3 is 20.1 Å². The van der Waals surface area contributed by atoms with Crippen molar-refractivity contribution in [1.29, 1.82) is 0 Å². The van der Waals surface area contributed by atoms with E-state index in [4.69, 9.17) is 24.3 Å². The van der Waals surface area contributed by atoms with Crippen LogP contribution in [0.15, 0.2) is 36.5 Å². The van der Waals surface area contributed by atoms with Crippen LogP contribution in [0.5, 0.6) is 0 Å². The van der Waals surface area contributed by atoms with Crippen LogP contribution < -0.4 is 5.73 Å². The van der Waals surface area contributed by atoms with Gasteiger partial charge >= 0.3 is 19.8 Å². The van der Waals surface area contributed by atoms with E-state index in [1.165, 1.54) is 180 Å². The largest absolute Gasteiger partial charge is 0.472 e. The summed E-state index contributed by atoms with van der Waals surface area (Å²) in [6, 6.07) is 0. The summed E-state index contributed by atoms with van der Waals surface area (Å²) in [5.41, 5.74) is 5.38. The molecule has 9 nitrogen and oxygen atoms in total. The molecule has 0 aromatic carbocycles. The molecule has 67 heavy (non-hydrogen) atoms. The molecule has 0 saturated carbocycles. The molecule has 0 aromatic rings. The first-order chi connectivity index (χ1) is 32.8. The molecule has 394 valence electrons. The number of rotatable bonds is 54. The summed E-state index contributed by atoms with van der Waals surface area (Å²) < 4.78 is 33.0. The number of carbonyl (C=O) groups excluding carboxylic acids is 2. The number of hydrogen-bond acceptors (Lipinski definition) is 8. The van der Waals surface area contributed by atoms with Crippen LogP contribution in [0, 0.1) is 0 Å². The van der Waals surface area contributed by atoms with Crippen LogP contribution in [-0.4, -0.2) is 49.3 Å². The second-order valence-corrected chi connectivity index (χ2v) is 20.6. The van der Waals surface area contributed by atoms with Crippen LogP contribution in [0.3, 0.4) is 0 Å². The molecule has 0 amide bonds. The van der Waals surface area contributed by atoms with Gasteiger partial charge in [-0.15, -0.1) is 0 Å². The summed E-state index contributed by atoms with van der Waals surface area (Å²) in [6.07, 6.45) is 63.4. The van der Waals surface area contributed by atoms with Gasteiger partial charge in [0, 0.05) is 19.4 Å². The summed E-state index contributed by atoms with van der Waals surface area (Å²) in [5, 5.41) is 0. The number of hydrogen-bond donors (Lipinski definition) is 2. The van der Waals surface area contributed by atoms with E-state index in [0.717, 1.165) is 70.6 Å². The molecule has 0 bridgehead atoms. The van der Waals surface area contributed by atoms with Gasteiger partial charge in [-0.25, -0.2) is 4.57 Å². The number of phosphoric acid groups is 1. The maximum Gasteiger partial charge on any atom is 0.472 e. The van der Waals surface area contributed by atoms with Gasteiger partial charge in [0.2, 0.25) is 0 Å². The molecule has 3 N–H and O–H groups in total. The summed E-state index contributed by atoms with van der Waals surface area (Å²) >= 11 is 0. The molecule has 0 radical (unpaired) electrons. The number of unbranched alkanes of at least 4 members (excludes halogenated alkanes) is 35. The number of esters is 2. The molecule has 0 aliphatic carbocycles. The Morgan fingerprint density at radius 1 is 0.448 bits per heavy atom. The summed E-state index contributed by atoms with van der Waals surface area (Å²) in [7, 11) is -4.39. The minimum Gasteiger partial charge on any atom is -0.462 e. The van der Waals surface area contributed by atoms with Crippen LogP contribution >= 0.6 is 7.82 Å². The Kier molecular flexibility index (Phi) is 52.2. The number of phosphoric ester groups is 1. The van der Waals surface area contributed by atoms with E-state index in [1.807, 2.05) is 0 Å². The lowest BCUT2D eigenvalue weighted by Gasteiger charge is -2.19. The second kappa shape index (κ2) is 53.6. The Hall–Kier alpha value is -1.77. The second-order valence-electron chi connectivity index (χ2n) is 19.2. The quantitative estimate of drug-likeness (QED) is 0.0264. The molecule has 0 aliphatic rings. The normalized spacial score (nSPS) is 13.3. The minimum atomic E-state index is -4.39. The first-order valence-electron chi connectivity index (χ1n) is 28.5. The zero-order chi connectivity index (χ0) is 48.8. The molecule has 2 atom stereocenters. The summed E-state index contributed by atoms with van der Waals surface area (Å²) in [5.74, 6) is -0.830. The standard InChI is InChI=1S/C57H108NO8P/c1-3-5-7-9-11-13-15-17-19-21-23-24-25-26-27-28-29-30-32-33-35-37-39-41-43-45-47-49-56(59)63-53-55(54-65-67(61,62)64-52-51-58)66-57(60)50-48-46-44-42-40-38-36-34-31-22-20-18-16-14-12-10-8-6-4-2/h12,14,18,20,31,34,55H,3-11,13,15-17,19,21-30,32-33,35-54,58H2,1-2H3,(H,61,62)/b14-12-,20-18-,34-31-. The van der Waals surface area contributed by atoms with E-state index < -0.39 is 26.5 Å². The van der Waals surface area contributed by atoms with Crippen molar-refractivity contribution in [3.8, 4) is 0 Å². The van der Waals surface area contributed by atoms with Crippen LogP contribution in [0.2, 0.25) is 0 Å². The van der Waals surface area contributed by atoms with Crippen molar-refractivity contribution in [2.24, 2.45) is 5.73 Å². The fraction of sp³-hybridized carbons (Fsp3) is 0.860. The summed E-state index contributed by atoms with van der Waals surface area (Å²) in [6.45, 7) is 3.74. The Labute approximate surface area is 414 Å². The van der Waals surface area contributed by atoms with E-state index in [9.17, 15) is 19.0 Å². The van der Waals surface area contributed by atoms with Crippen molar-refractivity contribution in [3.63, 3.8) is 0 Å². The van der Waals surface area contributed by atoms with Crippen molar-refractivity contribution >= 4 is 19.8 Å². The maximum absolute atomic E-state index is 12.7. The number of nitrogens with two attached hydrogens (primary N) is 1. The van der Waals surface area contributed by atoms with E-state index in [2.05, 4.69) is 50.3 Å². The van der Waals surface area contributed by atoms with Crippen LogP contribution in [0.1, 0.15) is 284 Å². The predicted molar refractivity (Wildman–Crippen MR) is 284 cm³/mol. The van der Waals surface area contributed by atoms with E-state index in [1.54, 1.807) is 0 Å². The Morgan fingerprint density at radius 2 is 0.776 bits per heavy atom. The Bertz CT molecular complexity index is 1190. The lowest BCUT2D eigenvalue weighted by Crippen LogP contribution is -2.29. The molecular formula is C57H108NO8P. The van der Waals surface area contributed by atoms with Gasteiger partial charge in [-0.1, -0.05) is 256 Å². The topological polar surface area (TPSA) is 134 Å². The molecule has 0 heterocycles. The summed E-state index contributed by atoms with van der Waals surface area (Å²) in [4.78, 5) is 35.1. The number of allylic oxidation sites excluding steroid dienone is 6. The van der Waals surface area contributed by atoms with Gasteiger partial charge in [0.15, 0.2) is 6.10 Å². The van der Waals surface area contributed by atoms with Crippen molar-refractivity contribution in [2.45, 2.75) is 290 Å². The van der Waals surface area contributed by atoms with Gasteiger partial charge in [0.1, 0.15) is 6.61 Å². The predicted octanol–water partition coefficient (Wildman–Crippen LogP) is 17.6. The van der Waals surface area contributed by atoms with Gasteiger partial charge in [-0.3, -0.25) is 18.6 Å². The number of ether oxygens (including phenoxy) is 2. The fourth-order valence-electron chi connectivity index (χ4n) is 8.29. The maximum atomic E-state index is 12.7. The highest BCUT2D eigenvalue weighted by atomic mass is 31.2. The highest BCUT2D eigenvalue weighted by molar-refractivity contribution is 7.47. The SMILES string of the molecule is CCCCC/C=C\C/C=C\C/C=C\CCCCCCCCC(=O)OC(COC(=O)CCCCCCCCCCCCCCCCCCCCCCCCCCCCC)COP(=O)(O)OCCN. The van der Waals surface area contributed by atoms with Crippen LogP contribution in [-0.2, 0) is 32.7 Å². The highest BCUT2D eigenvalue weighted by Crippen LogP contribution is 2.43. The molecule has 10 heteroatoms. The van der Waals surface area contributed by atoms with Crippen molar-refractivity contribution in [3.05, 3.63) is 36.5 Å². The molecule has 0 aliphatic heterocycles. The van der Waals surface area contributed by atoms with Crippen molar-refractivity contribution < 1.29 is 37.6 Å². The lowest BCUT2D eigenvalue weighted by molar-refractivity contribution is -0.161. The monoisotopic (exact) mass is 966 g/mol. The zero-order valence-electron chi connectivity index (χ0n) is 43.9. The average Bonchev–Trinajstić information content (AvgIpc) is 3.32. The fourth-order valence-corrected chi connectivity index (χ4v) is 9.06. The molecule has 0 spiro atoms. The Balaban J connectivity index is 3.94. The van der Waals surface area contributed by atoms with Crippen LogP contribution in [0.4, 0.5) is 0 Å². The third kappa shape index (κ3) is 53.4. The van der Waals surface area contributed by atoms with Crippen molar-refractivity contribution in [1.82, 2.24) is 0 Å². The molecular weight excluding hydrogens is 858 g/mol. The minimum absolute atomic E-state index is 0.0518. The first kappa shape index (κ1) is 65.2. The smallest absolute Gasteiger partial charge is 0.462 e. The zero-order valence-corrected chi connectivity index (χ0v) is 44.8. The van der Waals surface area contributed by atoms with E-state index in [0.29, 0.717) is 6.42 Å². The molecule has 0 fully saturated rings. The molecule has 0 aromatic heterocycles. The third-order valence-corrected chi connectivity index (χ3v) is 13.5. The average molecular weight is 966 g/mol. The first-order valence-corrected chi connectivity index (χ1v) is 30.0. The van der Waals surface area contributed by atoms with Gasteiger partial charge in [0.05, 0.1) is 13.2 Å².